The zero-order valence-corrected chi connectivity index (χ0v) is 9.39. The van der Waals surface area contributed by atoms with Gasteiger partial charge in [-0.25, -0.2) is 0 Å². The van der Waals surface area contributed by atoms with Crippen molar-refractivity contribution in [3.8, 4) is 0 Å². The number of ether oxygens (including phenoxy) is 2. The minimum atomic E-state index is -0.930. The van der Waals surface area contributed by atoms with Crippen LogP contribution in [-0.2, 0) is 14.3 Å². The van der Waals surface area contributed by atoms with Gasteiger partial charge in [0.15, 0.2) is 0 Å². The fraction of sp³-hybridized carbons (Fsp3) is 0.308. The number of carbonyl (C=O) groups is 1. The molecule has 4 nitrogen and oxygen atoms in total. The Morgan fingerprint density at radius 3 is 2.88 bits per heavy atom. The quantitative estimate of drug-likeness (QED) is 0.812. The largest absolute Gasteiger partial charge is 0.481 e. The van der Waals surface area contributed by atoms with Crippen LogP contribution in [0.3, 0.4) is 0 Å². The van der Waals surface area contributed by atoms with Gasteiger partial charge in [0.25, 0.3) is 0 Å². The van der Waals surface area contributed by atoms with Crippen LogP contribution in [-0.4, -0.2) is 11.1 Å². The second kappa shape index (κ2) is 5.39. The highest BCUT2D eigenvalue weighted by atomic mass is 16.5. The standard InChI is InChI=1S/C13H14O4/c14-13(15)7-12-9-16-8-11(17-12)6-10-4-2-1-3-5-10/h1-2,4,8-9H,3,5-7H2,(H,14,15). The van der Waals surface area contributed by atoms with E-state index in [4.69, 9.17) is 14.6 Å². The van der Waals surface area contributed by atoms with E-state index in [2.05, 4.69) is 12.2 Å². The number of carboxylic acids is 1. The van der Waals surface area contributed by atoms with Gasteiger partial charge in [0.05, 0.1) is 0 Å². The molecule has 1 heterocycles. The molecule has 1 N–H and O–H groups in total. The Bertz CT molecular complexity index is 427. The summed E-state index contributed by atoms with van der Waals surface area (Å²) in [6.45, 7) is 0. The van der Waals surface area contributed by atoms with Crippen molar-refractivity contribution < 1.29 is 19.4 Å². The van der Waals surface area contributed by atoms with Crippen LogP contribution in [0.4, 0.5) is 0 Å². The van der Waals surface area contributed by atoms with Gasteiger partial charge >= 0.3 is 5.97 Å². The molecule has 0 aromatic heterocycles. The molecule has 2 rings (SSSR count). The maximum Gasteiger partial charge on any atom is 0.311 e. The third-order valence-corrected chi connectivity index (χ3v) is 2.49. The van der Waals surface area contributed by atoms with Crippen LogP contribution in [0.5, 0.6) is 0 Å². The van der Waals surface area contributed by atoms with Crippen molar-refractivity contribution in [2.75, 3.05) is 0 Å². The molecule has 1 aliphatic heterocycles. The highest BCUT2D eigenvalue weighted by Crippen LogP contribution is 2.25. The zero-order chi connectivity index (χ0) is 12.1. The van der Waals surface area contributed by atoms with Gasteiger partial charge in [-0.05, 0) is 12.8 Å². The van der Waals surface area contributed by atoms with Crippen molar-refractivity contribution in [2.24, 2.45) is 0 Å². The normalized spacial score (nSPS) is 18.5. The smallest absolute Gasteiger partial charge is 0.311 e. The summed E-state index contributed by atoms with van der Waals surface area (Å²) in [5, 5.41) is 8.66. The number of rotatable bonds is 4. The monoisotopic (exact) mass is 234 g/mol. The summed E-state index contributed by atoms with van der Waals surface area (Å²) < 4.78 is 10.5. The van der Waals surface area contributed by atoms with Crippen molar-refractivity contribution in [3.05, 3.63) is 47.8 Å². The summed E-state index contributed by atoms with van der Waals surface area (Å²) in [5.41, 5.74) is 1.26. The molecule has 0 radical (unpaired) electrons. The molecule has 0 saturated heterocycles. The first-order valence-electron chi connectivity index (χ1n) is 5.52. The van der Waals surface area contributed by atoms with Gasteiger partial charge in [-0.1, -0.05) is 23.8 Å². The summed E-state index contributed by atoms with van der Waals surface area (Å²) >= 11 is 0. The average molecular weight is 234 g/mol. The first kappa shape index (κ1) is 11.5. The van der Waals surface area contributed by atoms with Gasteiger partial charge in [-0.2, -0.15) is 0 Å². The molecule has 4 heteroatoms. The Kier molecular flexibility index (Phi) is 3.65. The molecule has 0 aromatic carbocycles. The lowest BCUT2D eigenvalue weighted by Gasteiger charge is -2.17. The van der Waals surface area contributed by atoms with Crippen LogP contribution in [0.1, 0.15) is 25.7 Å². The summed E-state index contributed by atoms with van der Waals surface area (Å²) in [4.78, 5) is 10.5. The number of hydrogen-bond donors (Lipinski definition) is 1. The minimum absolute atomic E-state index is 0.156. The molecule has 17 heavy (non-hydrogen) atoms. The highest BCUT2D eigenvalue weighted by Gasteiger charge is 2.14. The lowest BCUT2D eigenvalue weighted by molar-refractivity contribution is -0.136. The van der Waals surface area contributed by atoms with Gasteiger partial charge in [0, 0.05) is 6.42 Å². The lowest BCUT2D eigenvalue weighted by atomic mass is 10.0. The Labute approximate surface area is 99.5 Å². The molecule has 0 saturated carbocycles. The van der Waals surface area contributed by atoms with Crippen LogP contribution in [0.25, 0.3) is 0 Å². The summed E-state index contributed by atoms with van der Waals surface area (Å²) in [7, 11) is 0. The van der Waals surface area contributed by atoms with Crippen LogP contribution in [0.15, 0.2) is 47.8 Å². The first-order valence-corrected chi connectivity index (χ1v) is 5.52. The van der Waals surface area contributed by atoms with Gasteiger partial charge < -0.3 is 14.6 Å². The lowest BCUT2D eigenvalue weighted by Crippen LogP contribution is -2.06. The molecule has 0 bridgehead atoms. The SMILES string of the molecule is O=C(O)CC1=COC=C(CC2=CC=CCC2)O1. The van der Waals surface area contributed by atoms with Gasteiger partial charge in [-0.15, -0.1) is 0 Å². The zero-order valence-electron chi connectivity index (χ0n) is 9.39. The highest BCUT2D eigenvalue weighted by molar-refractivity contribution is 5.69. The minimum Gasteiger partial charge on any atom is -0.481 e. The molecule has 2 aliphatic rings. The van der Waals surface area contributed by atoms with Crippen LogP contribution >= 0.6 is 0 Å². The van der Waals surface area contributed by atoms with E-state index in [1.165, 1.54) is 18.1 Å². The third kappa shape index (κ3) is 3.52. The Balaban J connectivity index is 1.90. The molecule has 1 aliphatic carbocycles. The number of hydrogen-bond acceptors (Lipinski definition) is 3. The maximum absolute atomic E-state index is 10.5. The second-order valence-electron chi connectivity index (χ2n) is 3.95. The first-order chi connectivity index (χ1) is 8.24. The molecule has 0 unspecified atom stereocenters. The van der Waals surface area contributed by atoms with E-state index < -0.39 is 5.97 Å². The van der Waals surface area contributed by atoms with Crippen molar-refractivity contribution in [2.45, 2.75) is 25.7 Å². The van der Waals surface area contributed by atoms with Crippen molar-refractivity contribution in [1.29, 1.82) is 0 Å². The Morgan fingerprint density at radius 1 is 1.35 bits per heavy atom. The Morgan fingerprint density at radius 2 is 2.18 bits per heavy atom. The topological polar surface area (TPSA) is 55.8 Å². The number of carboxylic acid groups (broad SMARTS) is 1. The predicted octanol–water partition coefficient (Wildman–Crippen LogP) is 2.86. The summed E-state index contributed by atoms with van der Waals surface area (Å²) in [5.74, 6) is 0.0631. The summed E-state index contributed by atoms with van der Waals surface area (Å²) in [6.07, 6.45) is 11.6. The fourth-order valence-electron chi connectivity index (χ4n) is 1.73. The maximum atomic E-state index is 10.5. The average Bonchev–Trinajstić information content (AvgIpc) is 2.30. The van der Waals surface area contributed by atoms with E-state index in [1.807, 2.05) is 6.08 Å². The molecular formula is C13H14O4. The van der Waals surface area contributed by atoms with Crippen molar-refractivity contribution in [1.82, 2.24) is 0 Å². The molecule has 90 valence electrons. The van der Waals surface area contributed by atoms with E-state index in [0.717, 1.165) is 12.8 Å². The van der Waals surface area contributed by atoms with Gasteiger partial charge in [0.2, 0.25) is 0 Å². The fourth-order valence-corrected chi connectivity index (χ4v) is 1.73. The Hall–Kier alpha value is -1.97. The van der Waals surface area contributed by atoms with Crippen LogP contribution < -0.4 is 0 Å². The predicted molar refractivity (Wildman–Crippen MR) is 61.7 cm³/mol. The molecule has 0 spiro atoms. The van der Waals surface area contributed by atoms with E-state index in [-0.39, 0.29) is 6.42 Å². The van der Waals surface area contributed by atoms with Gasteiger partial charge in [0.1, 0.15) is 30.5 Å². The number of aliphatic carboxylic acids is 1. The van der Waals surface area contributed by atoms with Crippen molar-refractivity contribution in [3.63, 3.8) is 0 Å². The molecular weight excluding hydrogens is 220 g/mol. The molecule has 0 aromatic rings. The second-order valence-corrected chi connectivity index (χ2v) is 3.95. The molecule has 0 atom stereocenters. The third-order valence-electron chi connectivity index (χ3n) is 2.49. The molecule has 0 amide bonds. The van der Waals surface area contributed by atoms with E-state index >= 15 is 0 Å². The number of allylic oxidation sites excluding steroid dienone is 4. The van der Waals surface area contributed by atoms with E-state index in [0.29, 0.717) is 17.9 Å². The van der Waals surface area contributed by atoms with E-state index in [9.17, 15) is 4.79 Å². The van der Waals surface area contributed by atoms with Gasteiger partial charge in [-0.3, -0.25) is 4.79 Å². The van der Waals surface area contributed by atoms with E-state index in [1.54, 1.807) is 0 Å². The molecule has 0 fully saturated rings. The summed E-state index contributed by atoms with van der Waals surface area (Å²) in [6, 6.07) is 0. The van der Waals surface area contributed by atoms with Crippen LogP contribution in [0.2, 0.25) is 0 Å². The van der Waals surface area contributed by atoms with Crippen LogP contribution in [0, 0.1) is 0 Å². The van der Waals surface area contributed by atoms with Crippen molar-refractivity contribution >= 4 is 5.97 Å².